The van der Waals surface area contributed by atoms with Crippen molar-refractivity contribution in [3.05, 3.63) is 16.3 Å². The molecule has 90 valence electrons. The van der Waals surface area contributed by atoms with Gasteiger partial charge in [-0.05, 0) is 11.4 Å². The molecule has 0 spiro atoms. The van der Waals surface area contributed by atoms with E-state index in [9.17, 15) is 4.79 Å². The summed E-state index contributed by atoms with van der Waals surface area (Å²) in [5.74, 6) is 0.398. The van der Waals surface area contributed by atoms with E-state index in [-0.39, 0.29) is 12.5 Å². The minimum absolute atomic E-state index is 0.160. The number of carbonyl (C=O) groups excluding carboxylic acids is 1. The Morgan fingerprint density at radius 3 is 3.29 bits per heavy atom. The molecule has 0 saturated carbocycles. The summed E-state index contributed by atoms with van der Waals surface area (Å²) in [6.45, 7) is 1.19. The summed E-state index contributed by atoms with van der Waals surface area (Å²) < 4.78 is 10.3. The smallest absolute Gasteiger partial charge is 0.268 e. The van der Waals surface area contributed by atoms with Gasteiger partial charge in [-0.2, -0.15) is 5.26 Å². The lowest BCUT2D eigenvalue weighted by Crippen LogP contribution is -2.47. The fraction of sp³-hybridized carbons (Fsp3) is 0.455. The van der Waals surface area contributed by atoms with Gasteiger partial charge in [0.2, 0.25) is 0 Å². The van der Waals surface area contributed by atoms with Crippen molar-refractivity contribution in [1.82, 2.24) is 4.90 Å². The van der Waals surface area contributed by atoms with Crippen molar-refractivity contribution in [1.29, 1.82) is 5.26 Å². The zero-order chi connectivity index (χ0) is 12.3. The molecule has 1 aliphatic rings. The Morgan fingerprint density at radius 2 is 2.59 bits per heavy atom. The molecule has 0 radical (unpaired) electrons. The summed E-state index contributed by atoms with van der Waals surface area (Å²) in [4.78, 5) is 14.3. The number of hydrogen-bond acceptors (Lipinski definition) is 5. The molecule has 1 aliphatic heterocycles. The van der Waals surface area contributed by atoms with Gasteiger partial charge in [-0.15, -0.1) is 11.3 Å². The van der Waals surface area contributed by atoms with Gasteiger partial charge >= 0.3 is 0 Å². The first-order chi connectivity index (χ1) is 8.27. The van der Waals surface area contributed by atoms with Crippen LogP contribution in [0.2, 0.25) is 0 Å². The number of hydrogen-bond donors (Lipinski definition) is 0. The second-order valence-corrected chi connectivity index (χ2v) is 4.45. The molecule has 17 heavy (non-hydrogen) atoms. The fourth-order valence-corrected chi connectivity index (χ4v) is 2.51. The quantitative estimate of drug-likeness (QED) is 0.791. The monoisotopic (exact) mass is 252 g/mol. The number of morpholine rings is 1. The summed E-state index contributed by atoms with van der Waals surface area (Å²) in [6, 6.07) is 3.32. The second kappa shape index (κ2) is 5.17. The Hall–Kier alpha value is -1.58. The van der Waals surface area contributed by atoms with Crippen LogP contribution in [0.3, 0.4) is 0 Å². The van der Waals surface area contributed by atoms with E-state index in [0.29, 0.717) is 23.8 Å². The van der Waals surface area contributed by atoms with Gasteiger partial charge in [0, 0.05) is 6.54 Å². The van der Waals surface area contributed by atoms with Gasteiger partial charge in [0.25, 0.3) is 5.91 Å². The van der Waals surface area contributed by atoms with Crippen molar-refractivity contribution in [2.24, 2.45) is 0 Å². The molecule has 2 heterocycles. The first-order valence-corrected chi connectivity index (χ1v) is 6.05. The summed E-state index contributed by atoms with van der Waals surface area (Å²) >= 11 is 1.32. The Morgan fingerprint density at radius 1 is 1.76 bits per heavy atom. The summed E-state index contributed by atoms with van der Waals surface area (Å²) in [5.41, 5.74) is 0. The van der Waals surface area contributed by atoms with Crippen LogP contribution in [0.5, 0.6) is 5.75 Å². The molecular formula is C11H12N2O3S. The highest BCUT2D eigenvalue weighted by molar-refractivity contribution is 7.12. The average Bonchev–Trinajstić information content (AvgIpc) is 2.86. The van der Waals surface area contributed by atoms with E-state index >= 15 is 0 Å². The molecule has 0 aromatic carbocycles. The van der Waals surface area contributed by atoms with Gasteiger partial charge < -0.3 is 14.4 Å². The molecule has 2 rings (SSSR count). The maximum atomic E-state index is 12.3. The number of carbonyl (C=O) groups is 1. The third kappa shape index (κ3) is 2.25. The topological polar surface area (TPSA) is 62.6 Å². The van der Waals surface area contributed by atoms with Gasteiger partial charge in [0.1, 0.15) is 16.7 Å². The summed E-state index contributed by atoms with van der Waals surface area (Å²) in [7, 11) is 1.53. The van der Waals surface area contributed by atoms with Crippen LogP contribution in [0, 0.1) is 11.3 Å². The van der Waals surface area contributed by atoms with Crippen LogP contribution in [0.15, 0.2) is 11.4 Å². The van der Waals surface area contributed by atoms with E-state index in [2.05, 4.69) is 6.07 Å². The van der Waals surface area contributed by atoms with Gasteiger partial charge in [0.05, 0.1) is 26.4 Å². The van der Waals surface area contributed by atoms with Crippen molar-refractivity contribution in [2.75, 3.05) is 26.9 Å². The Balaban J connectivity index is 2.22. The SMILES string of the molecule is COc1ccsc1C(=O)N1CCOCC1C#N. The lowest BCUT2D eigenvalue weighted by molar-refractivity contribution is 0.0134. The van der Waals surface area contributed by atoms with E-state index in [1.165, 1.54) is 23.3 Å². The molecule has 0 N–H and O–H groups in total. The van der Waals surface area contributed by atoms with Gasteiger partial charge in [-0.1, -0.05) is 0 Å². The molecule has 6 heteroatoms. The summed E-state index contributed by atoms with van der Waals surface area (Å²) in [6.07, 6.45) is 0. The van der Waals surface area contributed by atoms with E-state index in [4.69, 9.17) is 14.7 Å². The Labute approximate surface area is 103 Å². The molecular weight excluding hydrogens is 240 g/mol. The Kier molecular flexibility index (Phi) is 3.61. The number of ether oxygens (including phenoxy) is 2. The fourth-order valence-electron chi connectivity index (χ4n) is 1.70. The lowest BCUT2D eigenvalue weighted by Gasteiger charge is -2.31. The standard InChI is InChI=1S/C11H12N2O3S/c1-15-9-2-5-17-10(9)11(14)13-3-4-16-7-8(13)6-12/h2,5,8H,3-4,7H2,1H3. The van der Waals surface area contributed by atoms with Gasteiger partial charge in [0.15, 0.2) is 0 Å². The van der Waals surface area contributed by atoms with Crippen LogP contribution >= 0.6 is 11.3 Å². The largest absolute Gasteiger partial charge is 0.495 e. The van der Waals surface area contributed by atoms with E-state index in [1.54, 1.807) is 11.4 Å². The number of nitriles is 1. The van der Waals surface area contributed by atoms with Crippen LogP contribution in [0.1, 0.15) is 9.67 Å². The minimum Gasteiger partial charge on any atom is -0.495 e. The first-order valence-electron chi connectivity index (χ1n) is 5.17. The second-order valence-electron chi connectivity index (χ2n) is 3.54. The minimum atomic E-state index is -0.511. The third-order valence-electron chi connectivity index (χ3n) is 2.58. The van der Waals surface area contributed by atoms with Gasteiger partial charge in [-0.3, -0.25) is 4.79 Å². The average molecular weight is 252 g/mol. The molecule has 1 aromatic rings. The van der Waals surface area contributed by atoms with Crippen LogP contribution in [-0.2, 0) is 4.74 Å². The van der Waals surface area contributed by atoms with Crippen LogP contribution < -0.4 is 4.74 Å². The lowest BCUT2D eigenvalue weighted by atomic mass is 10.2. The normalized spacial score (nSPS) is 19.8. The molecule has 1 aromatic heterocycles. The van der Waals surface area contributed by atoms with E-state index < -0.39 is 6.04 Å². The maximum absolute atomic E-state index is 12.3. The highest BCUT2D eigenvalue weighted by Gasteiger charge is 2.30. The molecule has 1 saturated heterocycles. The van der Waals surface area contributed by atoms with Crippen LogP contribution in [-0.4, -0.2) is 43.7 Å². The third-order valence-corrected chi connectivity index (χ3v) is 3.47. The number of thiophene rings is 1. The molecule has 0 aliphatic carbocycles. The van der Waals surface area contributed by atoms with Crippen molar-refractivity contribution >= 4 is 17.2 Å². The van der Waals surface area contributed by atoms with E-state index in [0.717, 1.165) is 0 Å². The van der Waals surface area contributed by atoms with Crippen molar-refractivity contribution in [2.45, 2.75) is 6.04 Å². The van der Waals surface area contributed by atoms with Crippen molar-refractivity contribution in [3.8, 4) is 11.8 Å². The van der Waals surface area contributed by atoms with Crippen molar-refractivity contribution < 1.29 is 14.3 Å². The Bertz CT molecular complexity index is 452. The molecule has 1 atom stereocenters. The zero-order valence-electron chi connectivity index (χ0n) is 9.38. The van der Waals surface area contributed by atoms with Crippen molar-refractivity contribution in [3.63, 3.8) is 0 Å². The number of rotatable bonds is 2. The zero-order valence-corrected chi connectivity index (χ0v) is 10.2. The number of amides is 1. The predicted octanol–water partition coefficient (Wildman–Crippen LogP) is 1.12. The maximum Gasteiger partial charge on any atom is 0.268 e. The van der Waals surface area contributed by atoms with Gasteiger partial charge in [-0.25, -0.2) is 0 Å². The highest BCUT2D eigenvalue weighted by Crippen LogP contribution is 2.27. The molecule has 5 nitrogen and oxygen atoms in total. The molecule has 0 bridgehead atoms. The predicted molar refractivity (Wildman–Crippen MR) is 62.1 cm³/mol. The molecule has 1 fully saturated rings. The first kappa shape index (κ1) is 11.9. The molecule has 1 unspecified atom stereocenters. The highest BCUT2D eigenvalue weighted by atomic mass is 32.1. The number of nitrogens with zero attached hydrogens (tertiary/aromatic N) is 2. The van der Waals surface area contributed by atoms with E-state index in [1.807, 2.05) is 0 Å². The molecule has 1 amide bonds. The van der Waals surface area contributed by atoms with Crippen LogP contribution in [0.25, 0.3) is 0 Å². The number of methoxy groups -OCH3 is 1. The summed E-state index contributed by atoms with van der Waals surface area (Å²) in [5, 5.41) is 10.8. The van der Waals surface area contributed by atoms with Crippen LogP contribution in [0.4, 0.5) is 0 Å².